The van der Waals surface area contributed by atoms with Crippen LogP contribution in [0.15, 0.2) is 370 Å². The molecular weight excluding hydrogens is 1210 g/mol. The van der Waals surface area contributed by atoms with Crippen molar-refractivity contribution in [2.75, 3.05) is 0 Å². The van der Waals surface area contributed by atoms with Crippen molar-refractivity contribution >= 4 is 118 Å². The van der Waals surface area contributed by atoms with Gasteiger partial charge in [0.1, 0.15) is 0 Å². The van der Waals surface area contributed by atoms with E-state index in [4.69, 9.17) is 0 Å². The molecule has 0 saturated carbocycles. The number of benzene rings is 20. The highest BCUT2D eigenvalue weighted by Crippen LogP contribution is 2.49. The number of fused-ring (bicyclic) bond motifs is 11. The van der Waals surface area contributed by atoms with Gasteiger partial charge in [0.25, 0.3) is 0 Å². The molecule has 0 bridgehead atoms. The number of hydrogen-bond donors (Lipinski definition) is 0. The third kappa shape index (κ3) is 11.1. The Hall–Kier alpha value is -12.7. The monoisotopic (exact) mass is 1280 g/mol. The molecule has 0 aliphatic rings. The van der Waals surface area contributed by atoms with Gasteiger partial charge in [-0.15, -0.1) is 0 Å². The summed E-state index contributed by atoms with van der Waals surface area (Å²) in [5.74, 6) is 0. The Labute approximate surface area is 588 Å². The van der Waals surface area contributed by atoms with E-state index in [-0.39, 0.29) is 0 Å². The van der Waals surface area contributed by atoms with E-state index < -0.39 is 0 Å². The lowest BCUT2D eigenvalue weighted by molar-refractivity contribution is 1.47. The van der Waals surface area contributed by atoms with Crippen molar-refractivity contribution < 1.29 is 0 Å². The Kier molecular flexibility index (Phi) is 15.4. The molecule has 20 aromatic rings. The average molecular weight is 1280 g/mol. The molecule has 0 heteroatoms. The molecule has 0 atom stereocenters. The van der Waals surface area contributed by atoms with Crippen molar-refractivity contribution in [1.82, 2.24) is 0 Å². The van der Waals surface area contributed by atoms with E-state index in [2.05, 4.69) is 391 Å². The van der Waals surface area contributed by atoms with Gasteiger partial charge < -0.3 is 0 Å². The van der Waals surface area contributed by atoms with Crippen LogP contribution >= 0.6 is 0 Å². The van der Waals surface area contributed by atoms with E-state index in [0.717, 1.165) is 0 Å². The molecule has 20 aromatic carbocycles. The van der Waals surface area contributed by atoms with Crippen molar-refractivity contribution in [3.05, 3.63) is 387 Å². The van der Waals surface area contributed by atoms with Crippen molar-refractivity contribution in [3.63, 3.8) is 0 Å². The Morgan fingerprint density at radius 3 is 0.584 bits per heavy atom. The number of hydrogen-bond acceptors (Lipinski definition) is 0. The predicted octanol–water partition coefficient (Wildman–Crippen LogP) is 28.7. The third-order valence-corrected chi connectivity index (χ3v) is 20.8. The molecule has 0 spiro atoms. The topological polar surface area (TPSA) is 0 Å². The zero-order valence-corrected chi connectivity index (χ0v) is 56.7. The lowest BCUT2D eigenvalue weighted by atomic mass is 9.84. The van der Waals surface area contributed by atoms with Crippen LogP contribution in [0.3, 0.4) is 0 Å². The van der Waals surface area contributed by atoms with Crippen molar-refractivity contribution in [2.24, 2.45) is 0 Å². The first kappa shape index (κ1) is 60.7. The van der Waals surface area contributed by atoms with Crippen LogP contribution in [0.4, 0.5) is 0 Å². The largest absolute Gasteiger partial charge is 0.0616 e. The fourth-order valence-corrected chi connectivity index (χ4v) is 16.0. The van der Waals surface area contributed by atoms with Gasteiger partial charge in [-0.1, -0.05) is 350 Å². The highest BCUT2D eigenvalue weighted by Gasteiger charge is 2.21. The summed E-state index contributed by atoms with van der Waals surface area (Å²) in [6.07, 6.45) is 0. The Morgan fingerprint density at radius 2 is 0.307 bits per heavy atom. The summed E-state index contributed by atoms with van der Waals surface area (Å²) in [7, 11) is 0. The summed E-state index contributed by atoms with van der Waals surface area (Å²) in [5.41, 5.74) is 19.3. The molecule has 474 valence electrons. The van der Waals surface area contributed by atoms with Crippen LogP contribution in [-0.2, 0) is 0 Å². The van der Waals surface area contributed by atoms with Crippen LogP contribution in [-0.4, -0.2) is 0 Å². The van der Waals surface area contributed by atoms with E-state index >= 15 is 0 Å². The summed E-state index contributed by atoms with van der Waals surface area (Å²) >= 11 is 0. The molecule has 0 heterocycles. The maximum absolute atomic E-state index is 2.38. The molecule has 0 aliphatic heterocycles. The summed E-state index contributed by atoms with van der Waals surface area (Å²) in [6, 6.07) is 136. The maximum Gasteiger partial charge on any atom is -0.00261 e. The van der Waals surface area contributed by atoms with E-state index in [1.54, 1.807) is 0 Å². The maximum atomic E-state index is 2.38. The minimum atomic E-state index is 1.26. The van der Waals surface area contributed by atoms with E-state index in [1.165, 1.54) is 202 Å². The first-order valence-electron chi connectivity index (χ1n) is 35.2. The molecule has 0 amide bonds. The molecule has 0 aromatic heterocycles. The van der Waals surface area contributed by atoms with Gasteiger partial charge in [-0.25, -0.2) is 0 Å². The molecular formula is C101H70. The van der Waals surface area contributed by atoms with Crippen LogP contribution < -0.4 is 0 Å². The fraction of sp³-hybridized carbons (Fsp3) is 0.0297. The van der Waals surface area contributed by atoms with E-state index in [0.29, 0.717) is 0 Å². The second-order valence-electron chi connectivity index (χ2n) is 27.2. The molecule has 0 saturated heterocycles. The van der Waals surface area contributed by atoms with Gasteiger partial charge in [-0.2, -0.15) is 0 Å². The highest BCUT2D eigenvalue weighted by atomic mass is 14.2. The van der Waals surface area contributed by atoms with Gasteiger partial charge in [-0.3, -0.25) is 0 Å². The van der Waals surface area contributed by atoms with Crippen molar-refractivity contribution in [1.29, 1.82) is 0 Å². The molecule has 0 fully saturated rings. The fourth-order valence-electron chi connectivity index (χ4n) is 16.0. The van der Waals surface area contributed by atoms with E-state index in [1.807, 2.05) is 0 Å². The van der Waals surface area contributed by atoms with Crippen molar-refractivity contribution in [3.8, 4) is 66.8 Å². The smallest absolute Gasteiger partial charge is 0.00261 e. The third-order valence-electron chi connectivity index (χ3n) is 20.8. The molecule has 101 heavy (non-hydrogen) atoms. The molecule has 20 rings (SSSR count). The quantitative estimate of drug-likeness (QED) is 0.146. The van der Waals surface area contributed by atoms with Crippen LogP contribution in [0.25, 0.3) is 185 Å². The lowest BCUT2D eigenvalue weighted by Crippen LogP contribution is -1.92. The number of aryl methyl sites for hydroxylation is 3. The van der Waals surface area contributed by atoms with Crippen LogP contribution in [0.2, 0.25) is 0 Å². The molecule has 0 N–H and O–H groups in total. The summed E-state index contributed by atoms with van der Waals surface area (Å²) in [5, 5.41) is 28.3. The van der Waals surface area contributed by atoms with Gasteiger partial charge in [0.15, 0.2) is 0 Å². The molecule has 0 nitrogen and oxygen atoms in total. The van der Waals surface area contributed by atoms with Gasteiger partial charge in [0.05, 0.1) is 0 Å². The van der Waals surface area contributed by atoms with Crippen molar-refractivity contribution in [2.45, 2.75) is 20.8 Å². The lowest BCUT2D eigenvalue weighted by Gasteiger charge is -2.19. The molecule has 0 aliphatic carbocycles. The summed E-state index contributed by atoms with van der Waals surface area (Å²) < 4.78 is 0. The van der Waals surface area contributed by atoms with Gasteiger partial charge >= 0.3 is 0 Å². The van der Waals surface area contributed by atoms with Crippen LogP contribution in [0.5, 0.6) is 0 Å². The number of rotatable bonds is 6. The Balaban J connectivity index is 0.000000109. The van der Waals surface area contributed by atoms with Gasteiger partial charge in [-0.05, 0) is 242 Å². The standard InChI is InChI=1S/C35H24.C34H22.C32H24/c1-23-14-19-32-33(20-23)35(29-18-16-25-9-3-5-11-27(25)22-29)31-13-7-6-12-30(31)34(32)28-17-15-24-8-2-4-10-26(24)21-28;1-3-11-25-21-27(19-17-23(25)9-1)33-29-13-5-7-15-31(29)34(32-16-8-6-14-30(32)33)28-20-18-24-10-2-4-12-26(24)22-28;1-21-11-15-23(16-12-21)31-27-9-5-6-10-28(27)32(24-17-13-22(2)14-18-24)30-20-26-8-4-3-7-25(26)19-29(30)31/h2-22H,1H3;1-22H;3-20H,1-2H3. The first-order chi connectivity index (χ1) is 49.8. The van der Waals surface area contributed by atoms with Gasteiger partial charge in [0.2, 0.25) is 0 Å². The van der Waals surface area contributed by atoms with Gasteiger partial charge in [0, 0.05) is 0 Å². The Bertz CT molecular complexity index is 6330. The van der Waals surface area contributed by atoms with E-state index in [9.17, 15) is 0 Å². The zero-order chi connectivity index (χ0) is 67.5. The highest BCUT2D eigenvalue weighted by molar-refractivity contribution is 6.26. The van der Waals surface area contributed by atoms with Crippen LogP contribution in [0, 0.1) is 20.8 Å². The predicted molar refractivity (Wildman–Crippen MR) is 439 cm³/mol. The second-order valence-corrected chi connectivity index (χ2v) is 27.2. The SMILES string of the molecule is Cc1ccc(-c2c3ccccc3c(-c3ccc(C)cc3)c3cc4ccccc4cc23)cc1.Cc1ccc2c(-c3ccc4ccccc4c3)c3ccccc3c(-c3ccc4ccccc4c3)c2c1.c1ccc2cc(-c3c4ccccc4c(-c4ccc5ccccc5c4)c4ccccc34)ccc2c1. The summed E-state index contributed by atoms with van der Waals surface area (Å²) in [6.45, 7) is 6.48. The second kappa shape index (κ2) is 25.6. The normalized spacial score (nSPS) is 11.5. The molecule has 0 unspecified atom stereocenters. The minimum Gasteiger partial charge on any atom is -0.0616 e. The molecule has 0 radical (unpaired) electrons. The Morgan fingerprint density at radius 1 is 0.119 bits per heavy atom. The summed E-state index contributed by atoms with van der Waals surface area (Å²) in [4.78, 5) is 0. The zero-order valence-electron chi connectivity index (χ0n) is 56.7. The first-order valence-corrected chi connectivity index (χ1v) is 35.2. The minimum absolute atomic E-state index is 1.26. The van der Waals surface area contributed by atoms with Crippen LogP contribution in [0.1, 0.15) is 16.7 Å². The average Bonchev–Trinajstić information content (AvgIpc) is 0.741.